The molecule has 0 fully saturated rings. The van der Waals surface area contributed by atoms with E-state index in [0.717, 1.165) is 18.7 Å². The highest BCUT2D eigenvalue weighted by Gasteiger charge is 2.06. The van der Waals surface area contributed by atoms with Crippen LogP contribution in [0.2, 0.25) is 0 Å². The number of nitrogens with zero attached hydrogens (tertiary/aromatic N) is 1. The Morgan fingerprint density at radius 1 is 1.04 bits per heavy atom. The van der Waals surface area contributed by atoms with Crippen LogP contribution < -0.4 is 0 Å². The molecule has 1 aromatic heterocycles. The van der Waals surface area contributed by atoms with Gasteiger partial charge >= 0.3 is 0 Å². The highest BCUT2D eigenvalue weighted by atomic mass is 35.5. The Balaban J connectivity index is 0.00000192. The fourth-order valence-corrected chi connectivity index (χ4v) is 2.64. The fraction of sp³-hybridized carbons (Fsp3) is 0.200. The monoisotopic (exact) mass is 327 g/mol. The molecule has 0 unspecified atom stereocenters. The quantitative estimate of drug-likeness (QED) is 0.631. The van der Waals surface area contributed by atoms with E-state index in [1.54, 1.807) is 0 Å². The lowest BCUT2D eigenvalue weighted by molar-refractivity contribution is 0.363. The van der Waals surface area contributed by atoms with E-state index in [9.17, 15) is 0 Å². The minimum absolute atomic E-state index is 0. The molecule has 0 saturated heterocycles. The van der Waals surface area contributed by atoms with Crippen LogP contribution in [0.5, 0.6) is 0 Å². The summed E-state index contributed by atoms with van der Waals surface area (Å²) < 4.78 is 5.59. The van der Waals surface area contributed by atoms with Crippen molar-refractivity contribution in [2.45, 2.75) is 13.5 Å². The molecule has 0 atom stereocenters. The smallest absolute Gasteiger partial charge is 0.134 e. The van der Waals surface area contributed by atoms with Crippen molar-refractivity contribution in [3.63, 3.8) is 0 Å². The van der Waals surface area contributed by atoms with Gasteiger partial charge in [-0.2, -0.15) is 0 Å². The van der Waals surface area contributed by atoms with E-state index in [1.165, 1.54) is 22.1 Å². The maximum atomic E-state index is 5.59. The van der Waals surface area contributed by atoms with Crippen LogP contribution in [-0.2, 0) is 6.54 Å². The Kier molecular flexibility index (Phi) is 6.03. The van der Waals surface area contributed by atoms with Crippen molar-refractivity contribution in [3.8, 4) is 0 Å². The molecule has 3 aromatic rings. The second-order valence-electron chi connectivity index (χ2n) is 5.71. The number of benzene rings is 2. The molecular weight excluding hydrogens is 306 g/mol. The topological polar surface area (TPSA) is 16.4 Å². The lowest BCUT2D eigenvalue weighted by Gasteiger charge is -2.13. The van der Waals surface area contributed by atoms with Crippen LogP contribution in [0.4, 0.5) is 0 Å². The number of furan rings is 1. The van der Waals surface area contributed by atoms with Gasteiger partial charge in [0.25, 0.3) is 0 Å². The average molecular weight is 328 g/mol. The zero-order chi connectivity index (χ0) is 15.4. The standard InChI is InChI=1S/C20H21NO.ClH/c1-16-8-3-4-9-17(16)10-7-13-21(2)14-18-15-22-20-12-6-5-11-19(18)20;/h3-12,15H,13-14H2,1-2H3;1H/b10-7+;. The van der Waals surface area contributed by atoms with Crippen molar-refractivity contribution in [1.29, 1.82) is 0 Å². The molecule has 0 aliphatic rings. The summed E-state index contributed by atoms with van der Waals surface area (Å²) in [5, 5.41) is 1.21. The Hall–Kier alpha value is -2.03. The van der Waals surface area contributed by atoms with Crippen LogP contribution in [0.15, 0.2) is 65.3 Å². The van der Waals surface area contributed by atoms with Crippen LogP contribution in [0.25, 0.3) is 17.0 Å². The molecule has 2 aromatic carbocycles. The van der Waals surface area contributed by atoms with E-state index in [4.69, 9.17) is 4.42 Å². The molecule has 1 heterocycles. The predicted molar refractivity (Wildman–Crippen MR) is 100 cm³/mol. The molecule has 0 aliphatic carbocycles. The fourth-order valence-electron chi connectivity index (χ4n) is 2.64. The third kappa shape index (κ3) is 4.25. The molecule has 3 rings (SSSR count). The van der Waals surface area contributed by atoms with E-state index < -0.39 is 0 Å². The van der Waals surface area contributed by atoms with Crippen molar-refractivity contribution in [2.75, 3.05) is 13.6 Å². The number of aryl methyl sites for hydroxylation is 1. The molecule has 0 radical (unpaired) electrons. The Morgan fingerprint density at radius 2 is 1.78 bits per heavy atom. The normalized spacial score (nSPS) is 11.3. The van der Waals surface area contributed by atoms with Crippen molar-refractivity contribution < 1.29 is 4.42 Å². The third-order valence-electron chi connectivity index (χ3n) is 3.90. The number of hydrogen-bond acceptors (Lipinski definition) is 2. The molecule has 0 N–H and O–H groups in total. The molecule has 23 heavy (non-hydrogen) atoms. The second-order valence-corrected chi connectivity index (χ2v) is 5.71. The van der Waals surface area contributed by atoms with Crippen LogP contribution in [0, 0.1) is 6.92 Å². The predicted octanol–water partition coefficient (Wildman–Crippen LogP) is 5.31. The van der Waals surface area contributed by atoms with Crippen molar-refractivity contribution in [2.24, 2.45) is 0 Å². The van der Waals surface area contributed by atoms with Gasteiger partial charge in [-0.3, -0.25) is 4.90 Å². The first-order valence-corrected chi connectivity index (χ1v) is 7.60. The van der Waals surface area contributed by atoms with Crippen LogP contribution >= 0.6 is 12.4 Å². The molecule has 0 spiro atoms. The first-order valence-electron chi connectivity index (χ1n) is 7.60. The lowest BCUT2D eigenvalue weighted by Crippen LogP contribution is -2.17. The van der Waals surface area contributed by atoms with Gasteiger partial charge in [0.05, 0.1) is 6.26 Å². The summed E-state index contributed by atoms with van der Waals surface area (Å²) in [7, 11) is 2.13. The van der Waals surface area contributed by atoms with Crippen molar-refractivity contribution in [3.05, 3.63) is 77.6 Å². The van der Waals surface area contributed by atoms with Gasteiger partial charge in [-0.15, -0.1) is 12.4 Å². The molecule has 120 valence electrons. The summed E-state index contributed by atoms with van der Waals surface area (Å²) in [6.07, 6.45) is 6.27. The summed E-state index contributed by atoms with van der Waals surface area (Å²) in [6, 6.07) is 16.6. The minimum Gasteiger partial charge on any atom is -0.464 e. The summed E-state index contributed by atoms with van der Waals surface area (Å²) >= 11 is 0. The highest BCUT2D eigenvalue weighted by Crippen LogP contribution is 2.21. The molecule has 3 heteroatoms. The Labute approximate surface area is 143 Å². The Bertz CT molecular complexity index is 791. The van der Waals surface area contributed by atoms with E-state index in [2.05, 4.69) is 67.4 Å². The largest absolute Gasteiger partial charge is 0.464 e. The van der Waals surface area contributed by atoms with E-state index >= 15 is 0 Å². The number of halogens is 1. The zero-order valence-electron chi connectivity index (χ0n) is 13.5. The maximum Gasteiger partial charge on any atom is 0.134 e. The van der Waals surface area contributed by atoms with Gasteiger partial charge in [-0.1, -0.05) is 54.6 Å². The van der Waals surface area contributed by atoms with Gasteiger partial charge in [0.1, 0.15) is 5.58 Å². The first-order chi connectivity index (χ1) is 10.7. The number of para-hydroxylation sites is 1. The van der Waals surface area contributed by atoms with Crippen LogP contribution in [-0.4, -0.2) is 18.5 Å². The SMILES string of the molecule is Cc1ccccc1/C=C/CN(C)Cc1coc2ccccc12.Cl. The van der Waals surface area contributed by atoms with Crippen molar-refractivity contribution >= 4 is 29.5 Å². The Morgan fingerprint density at radius 3 is 2.61 bits per heavy atom. The number of fused-ring (bicyclic) bond motifs is 1. The highest BCUT2D eigenvalue weighted by molar-refractivity contribution is 5.85. The molecule has 0 bridgehead atoms. The lowest BCUT2D eigenvalue weighted by atomic mass is 10.1. The van der Waals surface area contributed by atoms with E-state index in [-0.39, 0.29) is 12.4 Å². The molecule has 0 amide bonds. The maximum absolute atomic E-state index is 5.59. The van der Waals surface area contributed by atoms with Gasteiger partial charge < -0.3 is 4.42 Å². The second kappa shape index (κ2) is 8.00. The number of hydrogen-bond donors (Lipinski definition) is 0. The molecule has 0 aliphatic heterocycles. The summed E-state index contributed by atoms with van der Waals surface area (Å²) in [4.78, 5) is 2.28. The summed E-state index contributed by atoms with van der Waals surface area (Å²) in [5.41, 5.74) is 4.79. The number of rotatable bonds is 5. The molecular formula is C20H22ClNO. The minimum atomic E-state index is 0. The number of likely N-dealkylation sites (N-methyl/N-ethyl adjacent to an activating group) is 1. The van der Waals surface area contributed by atoms with Crippen LogP contribution in [0.3, 0.4) is 0 Å². The molecule has 0 saturated carbocycles. The van der Waals surface area contributed by atoms with Gasteiger partial charge in [0, 0.05) is 24.0 Å². The first kappa shape index (κ1) is 17.3. The van der Waals surface area contributed by atoms with Crippen LogP contribution in [0.1, 0.15) is 16.7 Å². The average Bonchev–Trinajstić information content (AvgIpc) is 2.92. The summed E-state index contributed by atoms with van der Waals surface area (Å²) in [5.74, 6) is 0. The van der Waals surface area contributed by atoms with Gasteiger partial charge in [-0.05, 0) is 31.2 Å². The van der Waals surface area contributed by atoms with Gasteiger partial charge in [0.15, 0.2) is 0 Å². The third-order valence-corrected chi connectivity index (χ3v) is 3.90. The zero-order valence-corrected chi connectivity index (χ0v) is 14.3. The van der Waals surface area contributed by atoms with Gasteiger partial charge in [-0.25, -0.2) is 0 Å². The van der Waals surface area contributed by atoms with Crippen molar-refractivity contribution in [1.82, 2.24) is 4.90 Å². The summed E-state index contributed by atoms with van der Waals surface area (Å²) in [6.45, 7) is 3.93. The van der Waals surface area contributed by atoms with Gasteiger partial charge in [0.2, 0.25) is 0 Å². The van der Waals surface area contributed by atoms with E-state index in [1.807, 2.05) is 18.4 Å². The van der Waals surface area contributed by atoms with E-state index in [0.29, 0.717) is 0 Å². The molecule has 2 nitrogen and oxygen atoms in total.